The third-order valence-corrected chi connectivity index (χ3v) is 5.75. The van der Waals surface area contributed by atoms with Crippen molar-refractivity contribution in [2.24, 2.45) is 10.4 Å². The number of aliphatic imine (C=N–C) groups is 1. The zero-order chi connectivity index (χ0) is 16.2. The molecule has 2 aliphatic rings. The van der Waals surface area contributed by atoms with Crippen LogP contribution in [0.1, 0.15) is 34.1 Å². The maximum atomic E-state index is 13.0. The number of anilines is 1. The number of Topliss-reactive ketones (excluding diaryl/α,β-unsaturated/α-hetero) is 1. The Morgan fingerprint density at radius 1 is 1.35 bits per heavy atom. The van der Waals surface area contributed by atoms with Gasteiger partial charge in [-0.2, -0.15) is 0 Å². The maximum Gasteiger partial charge on any atom is 0.179 e. The number of carbonyl (C=O) groups excluding carboxylic acids is 1. The second kappa shape index (κ2) is 5.01. The van der Waals surface area contributed by atoms with Crippen LogP contribution in [0.15, 0.2) is 35.3 Å². The van der Waals surface area contributed by atoms with Crippen LogP contribution in [0.4, 0.5) is 10.7 Å². The number of carbonyl (C=O) groups is 1. The topological polar surface area (TPSA) is 52.9 Å². The zero-order valence-electron chi connectivity index (χ0n) is 13.2. The van der Waals surface area contributed by atoms with Crippen molar-refractivity contribution in [3.05, 3.63) is 46.3 Å². The highest BCUT2D eigenvalue weighted by atomic mass is 32.1. The van der Waals surface area contributed by atoms with Crippen LogP contribution >= 0.6 is 11.3 Å². The number of thiophene rings is 1. The summed E-state index contributed by atoms with van der Waals surface area (Å²) < 4.78 is 0. The van der Waals surface area contributed by atoms with E-state index in [9.17, 15) is 9.90 Å². The van der Waals surface area contributed by atoms with E-state index in [2.05, 4.69) is 4.90 Å². The first kappa shape index (κ1) is 14.6. The Bertz CT molecular complexity index is 822. The van der Waals surface area contributed by atoms with E-state index < -0.39 is 5.41 Å². The number of aryl methyl sites for hydroxylation is 1. The summed E-state index contributed by atoms with van der Waals surface area (Å²) in [6, 6.07) is 9.76. The van der Waals surface area contributed by atoms with Gasteiger partial charge in [-0.05, 0) is 44.0 Å². The number of nitrogens with zero attached hydrogens (tertiary/aromatic N) is 2. The van der Waals surface area contributed by atoms with Gasteiger partial charge >= 0.3 is 0 Å². The minimum atomic E-state index is -0.532. The highest BCUT2D eigenvalue weighted by Crippen LogP contribution is 2.47. The van der Waals surface area contributed by atoms with Crippen LogP contribution < -0.4 is 4.90 Å². The molecule has 2 aliphatic heterocycles. The molecular formula is C18H18N2O2S. The standard InChI is InChI=1S/C18H18N2O2S/c1-11-9-14-15(22)18(2)7-8-20(17(18)19-16(14)23-11)13-5-3-12(10-21)4-6-13/h3-6,9,21H,7-8,10H2,1-2H3. The summed E-state index contributed by atoms with van der Waals surface area (Å²) in [6.07, 6.45) is 0.779. The lowest BCUT2D eigenvalue weighted by Gasteiger charge is -2.29. The van der Waals surface area contributed by atoms with Crippen molar-refractivity contribution in [2.45, 2.75) is 26.9 Å². The van der Waals surface area contributed by atoms with Crippen LogP contribution in [0.2, 0.25) is 0 Å². The van der Waals surface area contributed by atoms with E-state index in [-0.39, 0.29) is 12.4 Å². The molecule has 4 nitrogen and oxygen atoms in total. The van der Waals surface area contributed by atoms with Crippen molar-refractivity contribution in [3.8, 4) is 0 Å². The summed E-state index contributed by atoms with van der Waals surface area (Å²) >= 11 is 1.58. The van der Waals surface area contributed by atoms with Crippen LogP contribution in [0.25, 0.3) is 0 Å². The van der Waals surface area contributed by atoms with Gasteiger partial charge < -0.3 is 10.0 Å². The molecular weight excluding hydrogens is 308 g/mol. The first-order chi connectivity index (χ1) is 11.0. The Morgan fingerprint density at radius 3 is 2.78 bits per heavy atom. The number of benzene rings is 1. The Balaban J connectivity index is 1.80. The van der Waals surface area contributed by atoms with Crippen LogP contribution in [0.5, 0.6) is 0 Å². The largest absolute Gasteiger partial charge is 0.392 e. The first-order valence-electron chi connectivity index (χ1n) is 7.75. The number of hydrogen-bond donors (Lipinski definition) is 1. The second-order valence-corrected chi connectivity index (χ2v) is 7.63. The smallest absolute Gasteiger partial charge is 0.179 e. The van der Waals surface area contributed by atoms with E-state index in [1.165, 1.54) is 0 Å². The first-order valence-corrected chi connectivity index (χ1v) is 8.56. The number of hydrogen-bond acceptors (Lipinski definition) is 5. The van der Waals surface area contributed by atoms with Crippen LogP contribution in [-0.2, 0) is 6.61 Å². The molecule has 0 amide bonds. The number of aliphatic hydroxyl groups is 1. The van der Waals surface area contributed by atoms with Gasteiger partial charge in [-0.3, -0.25) is 4.79 Å². The average Bonchev–Trinajstić information content (AvgIpc) is 3.09. The summed E-state index contributed by atoms with van der Waals surface area (Å²) in [6.45, 7) is 4.84. The van der Waals surface area contributed by atoms with Crippen molar-refractivity contribution in [1.29, 1.82) is 0 Å². The molecule has 118 valence electrons. The van der Waals surface area contributed by atoms with Gasteiger partial charge in [-0.25, -0.2) is 4.99 Å². The summed E-state index contributed by atoms with van der Waals surface area (Å²) in [5, 5.41) is 10.0. The molecule has 3 heterocycles. The minimum Gasteiger partial charge on any atom is -0.392 e. The lowest BCUT2D eigenvalue weighted by Crippen LogP contribution is -2.40. The van der Waals surface area contributed by atoms with Gasteiger partial charge in [0.25, 0.3) is 0 Å². The Labute approximate surface area is 139 Å². The highest BCUT2D eigenvalue weighted by molar-refractivity contribution is 7.16. The molecule has 2 aromatic rings. The Kier molecular flexibility index (Phi) is 3.18. The molecule has 0 spiro atoms. The molecule has 0 radical (unpaired) electrons. The van der Waals surface area contributed by atoms with Crippen molar-refractivity contribution < 1.29 is 9.90 Å². The minimum absolute atomic E-state index is 0.0370. The van der Waals surface area contributed by atoms with Crippen LogP contribution in [0, 0.1) is 12.3 Å². The van der Waals surface area contributed by atoms with Gasteiger partial charge in [0.05, 0.1) is 17.6 Å². The van der Waals surface area contributed by atoms with Gasteiger partial charge in [0.1, 0.15) is 10.8 Å². The molecule has 0 bridgehead atoms. The SMILES string of the molecule is Cc1cc2c(s1)N=C1N(c3ccc(CO)cc3)CCC1(C)C2=O. The maximum absolute atomic E-state index is 13.0. The molecule has 1 fully saturated rings. The lowest BCUT2D eigenvalue weighted by atomic mass is 9.79. The normalized spacial score (nSPS) is 22.8. The monoisotopic (exact) mass is 326 g/mol. The number of fused-ring (bicyclic) bond motifs is 2. The van der Waals surface area contributed by atoms with Gasteiger partial charge in [0.15, 0.2) is 5.78 Å². The molecule has 0 aliphatic carbocycles. The zero-order valence-corrected chi connectivity index (χ0v) is 14.0. The second-order valence-electron chi connectivity index (χ2n) is 6.40. The van der Waals surface area contributed by atoms with E-state index in [4.69, 9.17) is 4.99 Å². The highest BCUT2D eigenvalue weighted by Gasteiger charge is 2.50. The van der Waals surface area contributed by atoms with Crippen LogP contribution in [0.3, 0.4) is 0 Å². The Morgan fingerprint density at radius 2 is 2.09 bits per heavy atom. The lowest BCUT2D eigenvalue weighted by molar-refractivity contribution is 0.0888. The Hall–Kier alpha value is -1.98. The average molecular weight is 326 g/mol. The molecule has 1 aromatic heterocycles. The predicted molar refractivity (Wildman–Crippen MR) is 92.9 cm³/mol. The molecule has 1 saturated heterocycles. The van der Waals surface area contributed by atoms with Crippen molar-refractivity contribution >= 4 is 33.6 Å². The molecule has 1 N–H and O–H groups in total. The van der Waals surface area contributed by atoms with E-state index in [0.29, 0.717) is 0 Å². The van der Waals surface area contributed by atoms with Gasteiger partial charge in [-0.15, -0.1) is 11.3 Å². The van der Waals surface area contributed by atoms with Crippen molar-refractivity contribution in [3.63, 3.8) is 0 Å². The van der Waals surface area contributed by atoms with Crippen molar-refractivity contribution in [1.82, 2.24) is 0 Å². The van der Waals surface area contributed by atoms with Gasteiger partial charge in [0.2, 0.25) is 0 Å². The molecule has 5 heteroatoms. The molecule has 0 saturated carbocycles. The quantitative estimate of drug-likeness (QED) is 0.915. The van der Waals surface area contributed by atoms with Crippen LogP contribution in [-0.4, -0.2) is 23.3 Å². The fraction of sp³-hybridized carbons (Fsp3) is 0.333. The number of aliphatic hydroxyl groups excluding tert-OH is 1. The molecule has 1 aromatic carbocycles. The molecule has 1 unspecified atom stereocenters. The summed E-state index contributed by atoms with van der Waals surface area (Å²) in [5.74, 6) is 1.05. The molecule has 4 rings (SSSR count). The number of amidine groups is 1. The number of rotatable bonds is 2. The fourth-order valence-electron chi connectivity index (χ4n) is 3.42. The fourth-order valence-corrected chi connectivity index (χ4v) is 4.30. The van der Waals surface area contributed by atoms with Gasteiger partial charge in [0, 0.05) is 17.1 Å². The molecule has 23 heavy (non-hydrogen) atoms. The summed E-state index contributed by atoms with van der Waals surface area (Å²) in [5.41, 5.74) is 2.15. The van der Waals surface area contributed by atoms with Gasteiger partial charge in [-0.1, -0.05) is 12.1 Å². The predicted octanol–water partition coefficient (Wildman–Crippen LogP) is 3.69. The van der Waals surface area contributed by atoms with E-state index in [1.807, 2.05) is 44.2 Å². The van der Waals surface area contributed by atoms with E-state index in [1.54, 1.807) is 11.3 Å². The summed E-state index contributed by atoms with van der Waals surface area (Å²) in [7, 11) is 0. The third kappa shape index (κ3) is 2.07. The number of ketones is 1. The molecule has 1 atom stereocenters. The van der Waals surface area contributed by atoms with Crippen molar-refractivity contribution in [2.75, 3.05) is 11.4 Å². The van der Waals surface area contributed by atoms with E-state index >= 15 is 0 Å². The van der Waals surface area contributed by atoms with E-state index in [0.717, 1.165) is 45.5 Å². The third-order valence-electron chi connectivity index (χ3n) is 4.80. The summed E-state index contributed by atoms with van der Waals surface area (Å²) in [4.78, 5) is 21.1.